The second-order valence-electron chi connectivity index (χ2n) is 6.10. The summed E-state index contributed by atoms with van der Waals surface area (Å²) in [4.78, 5) is 4.62. The first-order valence-electron chi connectivity index (χ1n) is 8.31. The van der Waals surface area contributed by atoms with Crippen molar-refractivity contribution < 1.29 is 9.13 Å². The molecule has 2 aromatic heterocycles. The van der Waals surface area contributed by atoms with E-state index in [0.29, 0.717) is 28.2 Å². The maximum atomic E-state index is 13.4. The van der Waals surface area contributed by atoms with Gasteiger partial charge in [-0.3, -0.25) is 5.10 Å². The maximum absolute atomic E-state index is 13.4. The topological polar surface area (TPSA) is 74.6 Å². The van der Waals surface area contributed by atoms with Crippen LogP contribution in [0.4, 0.5) is 4.39 Å². The number of nitriles is 1. The fourth-order valence-corrected chi connectivity index (χ4v) is 3.17. The fourth-order valence-electron chi connectivity index (χ4n) is 3.17. The third-order valence-electron chi connectivity index (χ3n) is 4.49. The number of aromatic amines is 1. The molecule has 0 bridgehead atoms. The average Bonchev–Trinajstić information content (AvgIpc) is 3.08. The van der Waals surface area contributed by atoms with Gasteiger partial charge in [-0.05, 0) is 48.9 Å². The van der Waals surface area contributed by atoms with Gasteiger partial charge in [-0.2, -0.15) is 10.4 Å². The summed E-state index contributed by atoms with van der Waals surface area (Å²) in [7, 11) is 1.60. The van der Waals surface area contributed by atoms with E-state index in [1.54, 1.807) is 19.2 Å². The molecule has 0 aliphatic heterocycles. The number of nitrogens with zero attached hydrogens (tertiary/aromatic N) is 3. The predicted octanol–water partition coefficient (Wildman–Crippen LogP) is 4.62. The van der Waals surface area contributed by atoms with E-state index in [4.69, 9.17) is 4.74 Å². The second kappa shape index (κ2) is 6.54. The monoisotopic (exact) mass is 358 g/mol. The molecule has 0 aliphatic carbocycles. The number of pyridine rings is 1. The molecule has 4 rings (SSSR count). The van der Waals surface area contributed by atoms with Crippen molar-refractivity contribution in [2.75, 3.05) is 7.11 Å². The minimum atomic E-state index is -0.332. The summed E-state index contributed by atoms with van der Waals surface area (Å²) < 4.78 is 18.6. The van der Waals surface area contributed by atoms with Crippen molar-refractivity contribution >= 4 is 11.0 Å². The molecule has 4 aromatic rings. The van der Waals surface area contributed by atoms with Gasteiger partial charge in [0.15, 0.2) is 5.65 Å². The number of methoxy groups -OCH3 is 1. The Balaban J connectivity index is 2.06. The number of fused-ring (bicyclic) bond motifs is 1. The van der Waals surface area contributed by atoms with Crippen molar-refractivity contribution in [3.63, 3.8) is 0 Å². The lowest BCUT2D eigenvalue weighted by molar-refractivity contribution is 0.415. The number of aromatic nitrogens is 3. The lowest BCUT2D eigenvalue weighted by atomic mass is 9.93. The van der Waals surface area contributed by atoms with Gasteiger partial charge in [0.25, 0.3) is 0 Å². The first-order chi connectivity index (χ1) is 13.1. The molecule has 0 atom stereocenters. The lowest BCUT2D eigenvalue weighted by Gasteiger charge is -2.12. The SMILES string of the molecule is COc1ccc(-c2nc3n[nH]c(C)c3c(-c3ccc(F)cc3)c2C#N)cc1. The van der Waals surface area contributed by atoms with Crippen LogP contribution in [0.1, 0.15) is 11.3 Å². The predicted molar refractivity (Wildman–Crippen MR) is 101 cm³/mol. The molecule has 6 heteroatoms. The van der Waals surface area contributed by atoms with E-state index in [0.717, 1.165) is 22.2 Å². The van der Waals surface area contributed by atoms with Gasteiger partial charge < -0.3 is 4.74 Å². The van der Waals surface area contributed by atoms with Crippen molar-refractivity contribution in [3.05, 3.63) is 65.6 Å². The molecular formula is C21H15FN4O. The highest BCUT2D eigenvalue weighted by molar-refractivity contribution is 6.00. The number of benzene rings is 2. The van der Waals surface area contributed by atoms with E-state index < -0.39 is 0 Å². The normalized spacial score (nSPS) is 10.7. The maximum Gasteiger partial charge on any atom is 0.182 e. The summed E-state index contributed by atoms with van der Waals surface area (Å²) in [6, 6.07) is 15.7. The summed E-state index contributed by atoms with van der Waals surface area (Å²) in [6.07, 6.45) is 0. The van der Waals surface area contributed by atoms with Crippen LogP contribution in [0, 0.1) is 24.1 Å². The fraction of sp³-hybridized carbons (Fsp3) is 0.0952. The van der Waals surface area contributed by atoms with Crippen molar-refractivity contribution in [1.82, 2.24) is 15.2 Å². The van der Waals surface area contributed by atoms with Gasteiger partial charge in [0.2, 0.25) is 0 Å². The molecule has 27 heavy (non-hydrogen) atoms. The average molecular weight is 358 g/mol. The number of nitrogens with one attached hydrogen (secondary N) is 1. The third kappa shape index (κ3) is 2.79. The molecule has 1 N–H and O–H groups in total. The Kier molecular flexibility index (Phi) is 4.05. The lowest BCUT2D eigenvalue weighted by Crippen LogP contribution is -1.96. The zero-order chi connectivity index (χ0) is 19.0. The third-order valence-corrected chi connectivity index (χ3v) is 4.49. The van der Waals surface area contributed by atoms with Crippen molar-refractivity contribution in [1.29, 1.82) is 5.26 Å². The van der Waals surface area contributed by atoms with E-state index in [1.807, 2.05) is 31.2 Å². The van der Waals surface area contributed by atoms with Crippen molar-refractivity contribution in [2.24, 2.45) is 0 Å². The first-order valence-corrected chi connectivity index (χ1v) is 8.31. The number of halogens is 1. The Morgan fingerprint density at radius 3 is 2.33 bits per heavy atom. The molecule has 0 unspecified atom stereocenters. The van der Waals surface area contributed by atoms with Gasteiger partial charge in [0.1, 0.15) is 17.6 Å². The number of hydrogen-bond acceptors (Lipinski definition) is 4. The molecule has 0 radical (unpaired) electrons. The Morgan fingerprint density at radius 2 is 1.70 bits per heavy atom. The van der Waals surface area contributed by atoms with Crippen LogP contribution < -0.4 is 4.74 Å². The summed E-state index contributed by atoms with van der Waals surface area (Å²) >= 11 is 0. The van der Waals surface area contributed by atoms with Crippen LogP contribution in [0.15, 0.2) is 48.5 Å². The van der Waals surface area contributed by atoms with Gasteiger partial charge >= 0.3 is 0 Å². The smallest absolute Gasteiger partial charge is 0.182 e. The summed E-state index contributed by atoms with van der Waals surface area (Å²) in [6.45, 7) is 1.87. The van der Waals surface area contributed by atoms with Gasteiger partial charge in [0, 0.05) is 16.8 Å². The first kappa shape index (κ1) is 16.7. The highest BCUT2D eigenvalue weighted by Gasteiger charge is 2.21. The second-order valence-corrected chi connectivity index (χ2v) is 6.10. The van der Waals surface area contributed by atoms with E-state index in [1.165, 1.54) is 12.1 Å². The van der Waals surface area contributed by atoms with Crippen LogP contribution >= 0.6 is 0 Å². The molecule has 0 saturated carbocycles. The molecule has 132 valence electrons. The number of ether oxygens (including phenoxy) is 1. The number of hydrogen-bond donors (Lipinski definition) is 1. The largest absolute Gasteiger partial charge is 0.497 e. The molecular weight excluding hydrogens is 343 g/mol. The van der Waals surface area contributed by atoms with Crippen LogP contribution in [0.25, 0.3) is 33.4 Å². The molecule has 0 amide bonds. The summed E-state index contributed by atoms with van der Waals surface area (Å²) in [5, 5.41) is 17.9. The number of rotatable bonds is 3. The molecule has 5 nitrogen and oxygen atoms in total. The van der Waals surface area contributed by atoms with Crippen LogP contribution in [0.5, 0.6) is 5.75 Å². The van der Waals surface area contributed by atoms with Gasteiger partial charge in [-0.25, -0.2) is 9.37 Å². The Bertz CT molecular complexity index is 1170. The highest BCUT2D eigenvalue weighted by atomic mass is 19.1. The van der Waals surface area contributed by atoms with E-state index in [2.05, 4.69) is 21.3 Å². The number of H-pyrrole nitrogens is 1. The number of aryl methyl sites for hydroxylation is 1. The molecule has 0 spiro atoms. The molecule has 2 heterocycles. The van der Waals surface area contributed by atoms with Crippen molar-refractivity contribution in [3.8, 4) is 34.2 Å². The Hall–Kier alpha value is -3.72. The molecule has 2 aromatic carbocycles. The van der Waals surface area contributed by atoms with E-state index in [-0.39, 0.29) is 5.82 Å². The quantitative estimate of drug-likeness (QED) is 0.580. The van der Waals surface area contributed by atoms with Gasteiger partial charge in [-0.1, -0.05) is 12.1 Å². The van der Waals surface area contributed by atoms with Crippen LogP contribution in [0.3, 0.4) is 0 Å². The van der Waals surface area contributed by atoms with Crippen LogP contribution in [0.2, 0.25) is 0 Å². The van der Waals surface area contributed by atoms with E-state index >= 15 is 0 Å². The highest BCUT2D eigenvalue weighted by Crippen LogP contribution is 2.37. The van der Waals surface area contributed by atoms with E-state index in [9.17, 15) is 9.65 Å². The standard InChI is InChI=1S/C21H15FN4O/c1-12-18-19(13-3-7-15(22)8-4-13)17(11-23)20(24-21(18)26-25-12)14-5-9-16(27-2)10-6-14/h3-10H,1-2H3,(H,24,25,26). The zero-order valence-electron chi connectivity index (χ0n) is 14.7. The minimum Gasteiger partial charge on any atom is -0.497 e. The van der Waals surface area contributed by atoms with Gasteiger partial charge in [-0.15, -0.1) is 0 Å². The Morgan fingerprint density at radius 1 is 1.04 bits per heavy atom. The Labute approximate surface area is 155 Å². The summed E-state index contributed by atoms with van der Waals surface area (Å²) in [5.41, 5.74) is 4.46. The van der Waals surface area contributed by atoms with Crippen LogP contribution in [-0.4, -0.2) is 22.3 Å². The summed E-state index contributed by atoms with van der Waals surface area (Å²) in [5.74, 6) is 0.384. The van der Waals surface area contributed by atoms with Gasteiger partial charge in [0.05, 0.1) is 23.8 Å². The minimum absolute atomic E-state index is 0.332. The molecule has 0 saturated heterocycles. The van der Waals surface area contributed by atoms with Crippen molar-refractivity contribution in [2.45, 2.75) is 6.92 Å². The zero-order valence-corrected chi connectivity index (χ0v) is 14.7. The molecule has 0 aliphatic rings. The van der Waals surface area contributed by atoms with Crippen LogP contribution in [-0.2, 0) is 0 Å². The molecule has 0 fully saturated rings.